The lowest BCUT2D eigenvalue weighted by atomic mass is 10.1. The number of rotatable bonds is 5. The number of aryl methyl sites for hydroxylation is 1. The molecule has 0 radical (unpaired) electrons. The number of Topliss-reactive ketones (excluding diaryl/α,β-unsaturated/α-hetero) is 1. The molecule has 2 rings (SSSR count). The largest absolute Gasteiger partial charge is 0.326 e. The van der Waals surface area contributed by atoms with Crippen molar-refractivity contribution < 1.29 is 9.59 Å². The van der Waals surface area contributed by atoms with Gasteiger partial charge in [0.1, 0.15) is 0 Å². The summed E-state index contributed by atoms with van der Waals surface area (Å²) >= 11 is 0. The molecule has 1 amide bonds. The molecule has 0 aliphatic carbocycles. The van der Waals surface area contributed by atoms with E-state index in [-0.39, 0.29) is 11.7 Å². The zero-order valence-electron chi connectivity index (χ0n) is 12.3. The maximum Gasteiger partial charge on any atom is 0.224 e. The van der Waals surface area contributed by atoms with Crippen LogP contribution in [0.1, 0.15) is 34.8 Å². The Morgan fingerprint density at radius 3 is 2.50 bits per heavy atom. The Balaban J connectivity index is 1.91. The lowest BCUT2D eigenvalue weighted by Crippen LogP contribution is -2.12. The number of carbonyl (C=O) groups is 2. The van der Waals surface area contributed by atoms with Crippen molar-refractivity contribution in [1.82, 2.24) is 0 Å². The van der Waals surface area contributed by atoms with Crippen LogP contribution in [0.2, 0.25) is 0 Å². The molecule has 0 saturated heterocycles. The lowest BCUT2D eigenvalue weighted by Gasteiger charge is -2.06. The van der Waals surface area contributed by atoms with Crippen LogP contribution in [0.25, 0.3) is 0 Å². The highest BCUT2D eigenvalue weighted by Gasteiger charge is 2.05. The summed E-state index contributed by atoms with van der Waals surface area (Å²) in [5, 5.41) is 11.5. The van der Waals surface area contributed by atoms with Crippen LogP contribution in [0.3, 0.4) is 0 Å². The minimum Gasteiger partial charge on any atom is -0.326 e. The van der Waals surface area contributed by atoms with E-state index in [0.29, 0.717) is 29.7 Å². The third-order valence-corrected chi connectivity index (χ3v) is 3.28. The van der Waals surface area contributed by atoms with Gasteiger partial charge in [-0.1, -0.05) is 24.3 Å². The van der Waals surface area contributed by atoms with Crippen LogP contribution in [-0.4, -0.2) is 11.7 Å². The van der Waals surface area contributed by atoms with Crippen molar-refractivity contribution in [2.75, 3.05) is 5.32 Å². The first-order valence-electron chi connectivity index (χ1n) is 6.98. The molecule has 0 heterocycles. The number of nitrogens with one attached hydrogen (secondary N) is 1. The van der Waals surface area contributed by atoms with Gasteiger partial charge in [-0.25, -0.2) is 0 Å². The van der Waals surface area contributed by atoms with Gasteiger partial charge in [0.2, 0.25) is 5.91 Å². The predicted octanol–water partition coefficient (Wildman–Crippen LogP) is 3.33. The van der Waals surface area contributed by atoms with Gasteiger partial charge in [-0.3, -0.25) is 9.59 Å². The van der Waals surface area contributed by atoms with Gasteiger partial charge in [0.15, 0.2) is 5.78 Å². The van der Waals surface area contributed by atoms with E-state index in [1.165, 1.54) is 6.92 Å². The van der Waals surface area contributed by atoms with Gasteiger partial charge in [0.25, 0.3) is 0 Å². The first-order chi connectivity index (χ1) is 10.6. The molecular weight excluding hydrogens is 276 g/mol. The van der Waals surface area contributed by atoms with Gasteiger partial charge in [-0.15, -0.1) is 0 Å². The second kappa shape index (κ2) is 7.19. The Kier molecular flexibility index (Phi) is 5.05. The van der Waals surface area contributed by atoms with E-state index >= 15 is 0 Å². The zero-order valence-corrected chi connectivity index (χ0v) is 12.3. The summed E-state index contributed by atoms with van der Waals surface area (Å²) in [4.78, 5) is 23.3. The third kappa shape index (κ3) is 4.29. The summed E-state index contributed by atoms with van der Waals surface area (Å²) in [6.07, 6.45) is 0.945. The van der Waals surface area contributed by atoms with Gasteiger partial charge >= 0.3 is 0 Å². The fourth-order valence-corrected chi connectivity index (χ4v) is 2.04. The van der Waals surface area contributed by atoms with Crippen LogP contribution in [-0.2, 0) is 11.2 Å². The van der Waals surface area contributed by atoms with E-state index in [1.807, 2.05) is 12.1 Å². The SMILES string of the molecule is CC(=O)c1cccc(NC(=O)CCc2ccc(C#N)cc2)c1. The van der Waals surface area contributed by atoms with E-state index in [4.69, 9.17) is 5.26 Å². The molecular formula is C18H16N2O2. The quantitative estimate of drug-likeness (QED) is 0.859. The molecule has 4 nitrogen and oxygen atoms in total. The first kappa shape index (κ1) is 15.5. The van der Waals surface area contributed by atoms with E-state index in [0.717, 1.165) is 5.56 Å². The maximum atomic E-state index is 11.9. The molecule has 0 spiro atoms. The number of ketones is 1. The minimum absolute atomic E-state index is 0.0336. The zero-order chi connectivity index (χ0) is 15.9. The fourth-order valence-electron chi connectivity index (χ4n) is 2.04. The average Bonchev–Trinajstić information content (AvgIpc) is 2.53. The molecule has 0 fully saturated rings. The van der Waals surface area contributed by atoms with Crippen molar-refractivity contribution in [3.8, 4) is 6.07 Å². The Hall–Kier alpha value is -2.93. The molecule has 0 unspecified atom stereocenters. The molecule has 0 aliphatic rings. The average molecular weight is 292 g/mol. The number of benzene rings is 2. The second-order valence-corrected chi connectivity index (χ2v) is 4.99. The fraction of sp³-hybridized carbons (Fsp3) is 0.167. The molecule has 2 aromatic carbocycles. The van der Waals surface area contributed by atoms with Crippen LogP contribution in [0.4, 0.5) is 5.69 Å². The highest BCUT2D eigenvalue weighted by atomic mass is 16.1. The van der Waals surface area contributed by atoms with Gasteiger partial charge in [0.05, 0.1) is 11.6 Å². The van der Waals surface area contributed by atoms with Crippen LogP contribution in [0.15, 0.2) is 48.5 Å². The van der Waals surface area contributed by atoms with Gasteiger partial charge in [-0.2, -0.15) is 5.26 Å². The molecule has 0 bridgehead atoms. The molecule has 0 atom stereocenters. The van der Waals surface area contributed by atoms with Crippen LogP contribution in [0, 0.1) is 11.3 Å². The number of anilines is 1. The molecule has 0 aromatic heterocycles. The minimum atomic E-state index is -0.106. The van der Waals surface area contributed by atoms with Crippen molar-refractivity contribution in [1.29, 1.82) is 5.26 Å². The Bertz CT molecular complexity index is 727. The Labute approximate surface area is 129 Å². The van der Waals surface area contributed by atoms with Gasteiger partial charge in [0, 0.05) is 17.7 Å². The number of nitriles is 1. The normalized spacial score (nSPS) is 9.82. The highest BCUT2D eigenvalue weighted by molar-refractivity contribution is 5.97. The summed E-state index contributed by atoms with van der Waals surface area (Å²) in [7, 11) is 0. The number of carbonyl (C=O) groups excluding carboxylic acids is 2. The van der Waals surface area contributed by atoms with Crippen molar-refractivity contribution in [2.24, 2.45) is 0 Å². The predicted molar refractivity (Wildman–Crippen MR) is 84.6 cm³/mol. The summed E-state index contributed by atoms with van der Waals surface area (Å²) in [6.45, 7) is 1.49. The summed E-state index contributed by atoms with van der Waals surface area (Å²) < 4.78 is 0. The molecule has 2 aromatic rings. The molecule has 0 saturated carbocycles. The molecule has 4 heteroatoms. The van der Waals surface area contributed by atoms with Crippen molar-refractivity contribution in [3.05, 3.63) is 65.2 Å². The van der Waals surface area contributed by atoms with Crippen molar-refractivity contribution >= 4 is 17.4 Å². The van der Waals surface area contributed by atoms with Crippen molar-refractivity contribution in [3.63, 3.8) is 0 Å². The third-order valence-electron chi connectivity index (χ3n) is 3.28. The number of nitrogens with zero attached hydrogens (tertiary/aromatic N) is 1. The van der Waals surface area contributed by atoms with Crippen molar-refractivity contribution in [2.45, 2.75) is 19.8 Å². The summed E-state index contributed by atoms with van der Waals surface area (Å²) in [5.41, 5.74) is 2.81. The van der Waals surface area contributed by atoms with E-state index in [9.17, 15) is 9.59 Å². The first-order valence-corrected chi connectivity index (χ1v) is 6.98. The van der Waals surface area contributed by atoms with Gasteiger partial charge < -0.3 is 5.32 Å². The summed E-state index contributed by atoms with van der Waals surface area (Å²) in [5.74, 6) is -0.140. The van der Waals surface area contributed by atoms with E-state index < -0.39 is 0 Å². The standard InChI is InChI=1S/C18H16N2O2/c1-13(21)16-3-2-4-17(11-16)20-18(22)10-9-14-5-7-15(12-19)8-6-14/h2-8,11H,9-10H2,1H3,(H,20,22). The molecule has 22 heavy (non-hydrogen) atoms. The Morgan fingerprint density at radius 1 is 1.14 bits per heavy atom. The van der Waals surface area contributed by atoms with E-state index in [1.54, 1.807) is 36.4 Å². The molecule has 0 aliphatic heterocycles. The smallest absolute Gasteiger partial charge is 0.224 e. The van der Waals surface area contributed by atoms with Crippen LogP contribution >= 0.6 is 0 Å². The maximum absolute atomic E-state index is 11.9. The Morgan fingerprint density at radius 2 is 1.86 bits per heavy atom. The number of amides is 1. The molecule has 1 N–H and O–H groups in total. The molecule has 110 valence electrons. The topological polar surface area (TPSA) is 70.0 Å². The van der Waals surface area contributed by atoms with Crippen LogP contribution < -0.4 is 5.32 Å². The van der Waals surface area contributed by atoms with E-state index in [2.05, 4.69) is 11.4 Å². The van der Waals surface area contributed by atoms with Crippen LogP contribution in [0.5, 0.6) is 0 Å². The highest BCUT2D eigenvalue weighted by Crippen LogP contribution is 2.12. The monoisotopic (exact) mass is 292 g/mol. The number of hydrogen-bond acceptors (Lipinski definition) is 3. The summed E-state index contributed by atoms with van der Waals surface area (Å²) in [6, 6.07) is 16.1. The second-order valence-electron chi connectivity index (χ2n) is 4.99. The number of hydrogen-bond donors (Lipinski definition) is 1. The lowest BCUT2D eigenvalue weighted by molar-refractivity contribution is -0.116. The van der Waals surface area contributed by atoms with Gasteiger partial charge in [-0.05, 0) is 43.2 Å².